The Balaban J connectivity index is 1.51. The molecule has 0 aromatic rings. The lowest BCUT2D eigenvalue weighted by Gasteiger charge is -2.45. The third-order valence-corrected chi connectivity index (χ3v) is 6.03. The molecular formula is C18H32F3N5O. The third-order valence-electron chi connectivity index (χ3n) is 6.03. The van der Waals surface area contributed by atoms with E-state index < -0.39 is 12.7 Å². The zero-order chi connectivity index (χ0) is 19.3. The van der Waals surface area contributed by atoms with Crippen LogP contribution in [-0.4, -0.2) is 93.0 Å². The summed E-state index contributed by atoms with van der Waals surface area (Å²) in [4.78, 5) is 8.33. The van der Waals surface area contributed by atoms with Crippen molar-refractivity contribution in [3.05, 3.63) is 0 Å². The average molecular weight is 391 g/mol. The Hall–Kier alpha value is -1.06. The highest BCUT2D eigenvalue weighted by atomic mass is 19.4. The summed E-state index contributed by atoms with van der Waals surface area (Å²) in [5, 5.41) is 6.76. The third kappa shape index (κ3) is 5.71. The molecule has 3 fully saturated rings. The molecule has 156 valence electrons. The second-order valence-electron chi connectivity index (χ2n) is 7.94. The van der Waals surface area contributed by atoms with Crippen molar-refractivity contribution in [2.24, 2.45) is 4.99 Å². The molecule has 0 amide bonds. The fourth-order valence-electron chi connectivity index (χ4n) is 4.53. The molecular weight excluding hydrogens is 359 g/mol. The smallest absolute Gasteiger partial charge is 0.381 e. The van der Waals surface area contributed by atoms with Crippen LogP contribution in [0.2, 0.25) is 0 Å². The van der Waals surface area contributed by atoms with Crippen LogP contribution >= 0.6 is 0 Å². The molecule has 27 heavy (non-hydrogen) atoms. The van der Waals surface area contributed by atoms with Gasteiger partial charge in [0.1, 0.15) is 0 Å². The van der Waals surface area contributed by atoms with E-state index in [1.165, 1.54) is 17.7 Å². The van der Waals surface area contributed by atoms with Gasteiger partial charge in [-0.15, -0.1) is 0 Å². The maximum atomic E-state index is 12.6. The van der Waals surface area contributed by atoms with Gasteiger partial charge in [-0.25, -0.2) is 0 Å². The van der Waals surface area contributed by atoms with Crippen molar-refractivity contribution in [2.45, 2.75) is 49.9 Å². The maximum Gasteiger partial charge on any atom is 0.401 e. The van der Waals surface area contributed by atoms with Gasteiger partial charge in [-0.3, -0.25) is 14.8 Å². The van der Waals surface area contributed by atoms with Crippen LogP contribution in [0.15, 0.2) is 4.99 Å². The molecule has 0 aromatic heterocycles. The van der Waals surface area contributed by atoms with Gasteiger partial charge in [-0.05, 0) is 45.2 Å². The second kappa shape index (κ2) is 8.96. The normalized spacial score (nSPS) is 27.9. The number of rotatable bonds is 5. The summed E-state index contributed by atoms with van der Waals surface area (Å²) < 4.78 is 43.3. The van der Waals surface area contributed by atoms with Gasteiger partial charge in [0, 0.05) is 51.5 Å². The standard InChI is InChI=1S/C18H32F3N5O/c1-22-16(24-15-4-9-25(12-15)14-18(19,20)21)23-13-17(5-10-27-11-6-17)26-7-2-3-8-26/h15H,2-14H2,1H3,(H2,22,23,24). The maximum absolute atomic E-state index is 12.6. The molecule has 3 saturated heterocycles. The van der Waals surface area contributed by atoms with Gasteiger partial charge in [0.05, 0.1) is 6.54 Å². The van der Waals surface area contributed by atoms with Gasteiger partial charge >= 0.3 is 6.18 Å². The summed E-state index contributed by atoms with van der Waals surface area (Å²) in [6.07, 6.45) is 1.04. The number of hydrogen-bond donors (Lipinski definition) is 2. The van der Waals surface area contributed by atoms with Crippen LogP contribution in [-0.2, 0) is 4.74 Å². The Bertz CT molecular complexity index is 502. The van der Waals surface area contributed by atoms with E-state index in [1.807, 2.05) is 0 Å². The molecule has 3 aliphatic heterocycles. The molecule has 1 atom stereocenters. The van der Waals surface area contributed by atoms with Gasteiger partial charge in [0.15, 0.2) is 5.96 Å². The second-order valence-corrected chi connectivity index (χ2v) is 7.94. The van der Waals surface area contributed by atoms with Crippen molar-refractivity contribution in [3.8, 4) is 0 Å². The first-order valence-electron chi connectivity index (χ1n) is 9.99. The average Bonchev–Trinajstić information content (AvgIpc) is 3.30. The molecule has 0 spiro atoms. The topological polar surface area (TPSA) is 52.1 Å². The van der Waals surface area contributed by atoms with Crippen LogP contribution in [0.3, 0.4) is 0 Å². The molecule has 0 radical (unpaired) electrons. The monoisotopic (exact) mass is 391 g/mol. The molecule has 0 saturated carbocycles. The van der Waals surface area contributed by atoms with Crippen LogP contribution in [0.1, 0.15) is 32.1 Å². The highest BCUT2D eigenvalue weighted by Crippen LogP contribution is 2.30. The van der Waals surface area contributed by atoms with Gasteiger partial charge in [-0.1, -0.05) is 0 Å². The Labute approximate surface area is 159 Å². The first-order chi connectivity index (χ1) is 12.9. The highest BCUT2D eigenvalue weighted by molar-refractivity contribution is 5.80. The molecule has 3 heterocycles. The number of guanidine groups is 1. The Morgan fingerprint density at radius 3 is 2.52 bits per heavy atom. The first kappa shape index (κ1) is 20.7. The number of halogens is 3. The van der Waals surface area contributed by atoms with Crippen LogP contribution in [0.4, 0.5) is 13.2 Å². The van der Waals surface area contributed by atoms with E-state index in [-0.39, 0.29) is 11.6 Å². The van der Waals surface area contributed by atoms with Crippen molar-refractivity contribution in [1.29, 1.82) is 0 Å². The van der Waals surface area contributed by atoms with E-state index in [1.54, 1.807) is 7.05 Å². The number of likely N-dealkylation sites (tertiary alicyclic amines) is 2. The molecule has 0 aliphatic carbocycles. The van der Waals surface area contributed by atoms with Crippen LogP contribution in [0.25, 0.3) is 0 Å². The summed E-state index contributed by atoms with van der Waals surface area (Å²) in [6.45, 7) is 4.61. The van der Waals surface area contributed by atoms with Crippen molar-refractivity contribution < 1.29 is 17.9 Å². The van der Waals surface area contributed by atoms with Gasteiger partial charge < -0.3 is 15.4 Å². The van der Waals surface area contributed by atoms with Crippen LogP contribution in [0, 0.1) is 0 Å². The van der Waals surface area contributed by atoms with Crippen molar-refractivity contribution >= 4 is 5.96 Å². The molecule has 9 heteroatoms. The Morgan fingerprint density at radius 2 is 1.89 bits per heavy atom. The zero-order valence-corrected chi connectivity index (χ0v) is 16.2. The summed E-state index contributed by atoms with van der Waals surface area (Å²) in [7, 11) is 1.71. The minimum Gasteiger partial charge on any atom is -0.381 e. The number of ether oxygens (including phenoxy) is 1. The summed E-state index contributed by atoms with van der Waals surface area (Å²) in [5.74, 6) is 0.680. The van der Waals surface area contributed by atoms with Gasteiger partial charge in [0.2, 0.25) is 0 Å². The Kier molecular flexibility index (Phi) is 6.86. The summed E-state index contributed by atoms with van der Waals surface area (Å²) in [6, 6.07) is -0.00373. The van der Waals surface area contributed by atoms with E-state index >= 15 is 0 Å². The van der Waals surface area contributed by atoms with Crippen molar-refractivity contribution in [2.75, 3.05) is 59.5 Å². The largest absolute Gasteiger partial charge is 0.401 e. The van der Waals surface area contributed by atoms with Gasteiger partial charge in [0.25, 0.3) is 0 Å². The van der Waals surface area contributed by atoms with Crippen LogP contribution < -0.4 is 10.6 Å². The molecule has 1 unspecified atom stereocenters. The molecule has 0 bridgehead atoms. The van der Waals surface area contributed by atoms with E-state index in [9.17, 15) is 13.2 Å². The predicted molar refractivity (Wildman–Crippen MR) is 99.0 cm³/mol. The van der Waals surface area contributed by atoms with Crippen molar-refractivity contribution in [1.82, 2.24) is 20.4 Å². The first-order valence-corrected chi connectivity index (χ1v) is 9.99. The molecule has 0 aromatic carbocycles. The van der Waals surface area contributed by atoms with Gasteiger partial charge in [-0.2, -0.15) is 13.2 Å². The number of aliphatic imine (C=N–C) groups is 1. The van der Waals surface area contributed by atoms with Crippen LogP contribution in [0.5, 0.6) is 0 Å². The number of hydrogen-bond acceptors (Lipinski definition) is 4. The lowest BCUT2D eigenvalue weighted by atomic mass is 9.88. The van der Waals surface area contributed by atoms with E-state index in [0.29, 0.717) is 25.5 Å². The minimum absolute atomic E-state index is 0.00373. The Morgan fingerprint density at radius 1 is 1.19 bits per heavy atom. The zero-order valence-electron chi connectivity index (χ0n) is 16.2. The minimum atomic E-state index is -4.14. The fourth-order valence-corrected chi connectivity index (χ4v) is 4.53. The van der Waals surface area contributed by atoms with Crippen molar-refractivity contribution in [3.63, 3.8) is 0 Å². The quantitative estimate of drug-likeness (QED) is 0.549. The SMILES string of the molecule is CN=C(NCC1(N2CCCC2)CCOCC1)NC1CCN(CC(F)(F)F)C1. The van der Waals surface area contributed by atoms with E-state index in [4.69, 9.17) is 4.74 Å². The summed E-state index contributed by atoms with van der Waals surface area (Å²) in [5.41, 5.74) is 0.0877. The number of nitrogens with one attached hydrogen (secondary N) is 2. The number of nitrogens with zero attached hydrogens (tertiary/aromatic N) is 3. The van der Waals surface area contributed by atoms with E-state index in [2.05, 4.69) is 20.5 Å². The predicted octanol–water partition coefficient (Wildman–Crippen LogP) is 1.43. The molecule has 2 N–H and O–H groups in total. The molecule has 3 aliphatic rings. The highest BCUT2D eigenvalue weighted by Gasteiger charge is 2.40. The number of alkyl halides is 3. The lowest BCUT2D eigenvalue weighted by Crippen LogP contribution is -2.59. The van der Waals surface area contributed by atoms with E-state index in [0.717, 1.165) is 45.7 Å². The fraction of sp³-hybridized carbons (Fsp3) is 0.944. The summed E-state index contributed by atoms with van der Waals surface area (Å²) >= 11 is 0. The molecule has 6 nitrogen and oxygen atoms in total. The lowest BCUT2D eigenvalue weighted by molar-refractivity contribution is -0.143. The molecule has 3 rings (SSSR count).